The number of nitrogens with one attached hydrogen (secondary N) is 1. The number of thioether (sulfide) groups is 1. The SMILES string of the molecule is CC#CCCCNC(=O)c1cnc(SCC)s1. The van der Waals surface area contributed by atoms with Crippen LogP contribution >= 0.6 is 23.1 Å². The van der Waals surface area contributed by atoms with E-state index in [0.717, 1.165) is 22.9 Å². The maximum absolute atomic E-state index is 11.7. The Labute approximate surface area is 110 Å². The third-order valence-corrected chi connectivity index (χ3v) is 3.95. The normalized spacial score (nSPS) is 9.53. The molecule has 0 atom stereocenters. The van der Waals surface area contributed by atoms with Gasteiger partial charge in [-0.05, 0) is 19.1 Å². The highest BCUT2D eigenvalue weighted by Crippen LogP contribution is 2.23. The number of nitrogens with zero attached hydrogens (tertiary/aromatic N) is 1. The van der Waals surface area contributed by atoms with Crippen molar-refractivity contribution in [3.05, 3.63) is 11.1 Å². The summed E-state index contributed by atoms with van der Waals surface area (Å²) < 4.78 is 0.953. The first-order valence-corrected chi connectivity index (χ1v) is 7.34. The molecule has 0 unspecified atom stereocenters. The number of thiazole rings is 1. The van der Waals surface area contributed by atoms with Crippen LogP contribution < -0.4 is 5.32 Å². The second kappa shape index (κ2) is 8.15. The van der Waals surface area contributed by atoms with Crippen molar-refractivity contribution in [1.29, 1.82) is 0 Å². The molecule has 1 aromatic heterocycles. The molecule has 1 amide bonds. The Hall–Kier alpha value is -0.990. The Morgan fingerprint density at radius 1 is 1.65 bits per heavy atom. The highest BCUT2D eigenvalue weighted by atomic mass is 32.2. The summed E-state index contributed by atoms with van der Waals surface area (Å²) in [7, 11) is 0. The van der Waals surface area contributed by atoms with Crippen molar-refractivity contribution in [2.45, 2.75) is 31.0 Å². The van der Waals surface area contributed by atoms with E-state index in [0.29, 0.717) is 11.4 Å². The van der Waals surface area contributed by atoms with Crippen molar-refractivity contribution < 1.29 is 4.79 Å². The number of aromatic nitrogens is 1. The molecule has 0 saturated heterocycles. The molecular weight excluding hydrogens is 252 g/mol. The number of unbranched alkanes of at least 4 members (excludes halogenated alkanes) is 1. The molecule has 0 bridgehead atoms. The van der Waals surface area contributed by atoms with Gasteiger partial charge in [-0.1, -0.05) is 18.7 Å². The van der Waals surface area contributed by atoms with Crippen LogP contribution in [0.5, 0.6) is 0 Å². The molecule has 0 saturated carbocycles. The van der Waals surface area contributed by atoms with E-state index in [-0.39, 0.29) is 5.91 Å². The third kappa shape index (κ3) is 5.24. The summed E-state index contributed by atoms with van der Waals surface area (Å²) >= 11 is 3.10. The molecule has 1 heterocycles. The summed E-state index contributed by atoms with van der Waals surface area (Å²) in [4.78, 5) is 16.6. The van der Waals surface area contributed by atoms with Gasteiger partial charge in [-0.3, -0.25) is 4.79 Å². The summed E-state index contributed by atoms with van der Waals surface area (Å²) in [6.07, 6.45) is 3.36. The zero-order chi connectivity index (χ0) is 12.5. The van der Waals surface area contributed by atoms with Crippen LogP contribution in [0.1, 0.15) is 36.4 Å². The molecule has 0 aromatic carbocycles. The van der Waals surface area contributed by atoms with E-state index in [4.69, 9.17) is 0 Å². The van der Waals surface area contributed by atoms with E-state index in [9.17, 15) is 4.79 Å². The number of carbonyl (C=O) groups excluding carboxylic acids is 1. The van der Waals surface area contributed by atoms with Crippen molar-refractivity contribution in [3.8, 4) is 11.8 Å². The molecule has 17 heavy (non-hydrogen) atoms. The smallest absolute Gasteiger partial charge is 0.263 e. The predicted octanol–water partition coefficient (Wildman–Crippen LogP) is 2.79. The Balaban J connectivity index is 2.32. The van der Waals surface area contributed by atoms with Crippen LogP contribution in [0.25, 0.3) is 0 Å². The summed E-state index contributed by atoms with van der Waals surface area (Å²) in [6, 6.07) is 0. The lowest BCUT2D eigenvalue weighted by Gasteiger charge is -2.00. The maximum Gasteiger partial charge on any atom is 0.263 e. The Kier molecular flexibility index (Phi) is 6.75. The molecule has 3 nitrogen and oxygen atoms in total. The molecule has 0 spiro atoms. The average Bonchev–Trinajstić information content (AvgIpc) is 2.78. The van der Waals surface area contributed by atoms with Gasteiger partial charge in [0.2, 0.25) is 0 Å². The first-order valence-electron chi connectivity index (χ1n) is 5.54. The largest absolute Gasteiger partial charge is 0.351 e. The average molecular weight is 268 g/mol. The lowest BCUT2D eigenvalue weighted by atomic mass is 10.3. The maximum atomic E-state index is 11.7. The minimum Gasteiger partial charge on any atom is -0.351 e. The number of hydrogen-bond acceptors (Lipinski definition) is 4. The number of rotatable bonds is 6. The molecule has 0 radical (unpaired) electrons. The molecule has 0 fully saturated rings. The van der Waals surface area contributed by atoms with Crippen molar-refractivity contribution >= 4 is 29.0 Å². The molecule has 5 heteroatoms. The monoisotopic (exact) mass is 268 g/mol. The predicted molar refractivity (Wildman–Crippen MR) is 73.5 cm³/mol. The first-order chi connectivity index (χ1) is 8.27. The number of hydrogen-bond donors (Lipinski definition) is 1. The van der Waals surface area contributed by atoms with Crippen LogP contribution in [0.3, 0.4) is 0 Å². The number of carbonyl (C=O) groups is 1. The van der Waals surface area contributed by atoms with Gasteiger partial charge >= 0.3 is 0 Å². The molecular formula is C12H16N2OS2. The Morgan fingerprint density at radius 3 is 3.18 bits per heavy atom. The zero-order valence-electron chi connectivity index (χ0n) is 10.1. The minimum absolute atomic E-state index is 0.0325. The fourth-order valence-electron chi connectivity index (χ4n) is 1.14. The van der Waals surface area contributed by atoms with Crippen molar-refractivity contribution in [1.82, 2.24) is 10.3 Å². The number of amides is 1. The highest BCUT2D eigenvalue weighted by molar-refractivity contribution is 8.01. The fourth-order valence-corrected chi connectivity index (χ4v) is 2.94. The Morgan fingerprint density at radius 2 is 2.47 bits per heavy atom. The van der Waals surface area contributed by atoms with Crippen molar-refractivity contribution in [2.75, 3.05) is 12.3 Å². The summed E-state index contributed by atoms with van der Waals surface area (Å²) in [5, 5.41) is 2.87. The van der Waals surface area contributed by atoms with Crippen molar-refractivity contribution in [2.24, 2.45) is 0 Å². The fraction of sp³-hybridized carbons (Fsp3) is 0.500. The summed E-state index contributed by atoms with van der Waals surface area (Å²) in [5.74, 6) is 6.74. The van der Waals surface area contributed by atoms with Gasteiger partial charge in [0.05, 0.1) is 6.20 Å². The van der Waals surface area contributed by atoms with Crippen LogP contribution in [0.2, 0.25) is 0 Å². The second-order valence-electron chi connectivity index (χ2n) is 3.21. The van der Waals surface area contributed by atoms with E-state index >= 15 is 0 Å². The van der Waals surface area contributed by atoms with E-state index in [1.807, 2.05) is 6.92 Å². The lowest BCUT2D eigenvalue weighted by Crippen LogP contribution is -2.23. The van der Waals surface area contributed by atoms with Gasteiger partial charge in [-0.15, -0.1) is 23.2 Å². The quantitative estimate of drug-likeness (QED) is 0.490. The molecule has 0 aliphatic heterocycles. The molecule has 1 rings (SSSR count). The molecule has 1 N–H and O–H groups in total. The lowest BCUT2D eigenvalue weighted by molar-refractivity contribution is 0.0957. The second-order valence-corrected chi connectivity index (χ2v) is 5.75. The third-order valence-electron chi connectivity index (χ3n) is 1.92. The van der Waals surface area contributed by atoms with Gasteiger partial charge in [0, 0.05) is 13.0 Å². The van der Waals surface area contributed by atoms with Gasteiger partial charge in [-0.25, -0.2) is 4.98 Å². The van der Waals surface area contributed by atoms with E-state index in [1.54, 1.807) is 18.0 Å². The van der Waals surface area contributed by atoms with Gasteiger partial charge in [-0.2, -0.15) is 0 Å². The van der Waals surface area contributed by atoms with Crippen LogP contribution in [0.4, 0.5) is 0 Å². The molecule has 1 aromatic rings. The summed E-state index contributed by atoms with van der Waals surface area (Å²) in [5.41, 5.74) is 0. The van der Waals surface area contributed by atoms with Crippen LogP contribution in [-0.2, 0) is 0 Å². The summed E-state index contributed by atoms with van der Waals surface area (Å²) in [6.45, 7) is 4.56. The van der Waals surface area contributed by atoms with E-state index in [1.165, 1.54) is 11.3 Å². The van der Waals surface area contributed by atoms with Crippen LogP contribution in [-0.4, -0.2) is 23.2 Å². The highest BCUT2D eigenvalue weighted by Gasteiger charge is 2.09. The molecule has 0 aliphatic carbocycles. The van der Waals surface area contributed by atoms with E-state index in [2.05, 4.69) is 29.1 Å². The first kappa shape index (κ1) is 14.1. The molecule has 0 aliphatic rings. The van der Waals surface area contributed by atoms with Crippen molar-refractivity contribution in [3.63, 3.8) is 0 Å². The standard InChI is InChI=1S/C12H16N2OS2/c1-3-5-6-7-8-13-11(15)10-9-14-12(17-10)16-4-2/h9H,4,6-8H2,1-2H3,(H,13,15). The van der Waals surface area contributed by atoms with Gasteiger partial charge in [0.15, 0.2) is 4.34 Å². The van der Waals surface area contributed by atoms with Gasteiger partial charge in [0.1, 0.15) is 4.88 Å². The molecule has 92 valence electrons. The van der Waals surface area contributed by atoms with Gasteiger partial charge in [0.25, 0.3) is 5.91 Å². The van der Waals surface area contributed by atoms with Crippen LogP contribution in [0, 0.1) is 11.8 Å². The van der Waals surface area contributed by atoms with Crippen LogP contribution in [0.15, 0.2) is 10.5 Å². The van der Waals surface area contributed by atoms with E-state index < -0.39 is 0 Å². The topological polar surface area (TPSA) is 42.0 Å². The minimum atomic E-state index is -0.0325. The van der Waals surface area contributed by atoms with Gasteiger partial charge < -0.3 is 5.32 Å². The zero-order valence-corrected chi connectivity index (χ0v) is 11.7. The Bertz CT molecular complexity index is 418.